The minimum atomic E-state index is -1.28. The standard InChI is InChI=1S/C12H16FNO3/c1-8-9(13)5-4-6-10(8)14-12(2,7-17-3)11(15)16/h4-6,14H,7H2,1-3H3,(H,15,16). The summed E-state index contributed by atoms with van der Waals surface area (Å²) in [7, 11) is 1.42. The molecule has 1 atom stereocenters. The number of methoxy groups -OCH3 is 1. The Bertz CT molecular complexity index is 422. The van der Waals surface area contributed by atoms with Crippen molar-refractivity contribution in [1.29, 1.82) is 0 Å². The van der Waals surface area contributed by atoms with E-state index in [1.165, 1.54) is 26.2 Å². The number of carboxylic acids is 1. The summed E-state index contributed by atoms with van der Waals surface area (Å²) in [5.41, 5.74) is -0.448. The molecule has 0 fully saturated rings. The first-order chi connectivity index (χ1) is 7.90. The van der Waals surface area contributed by atoms with Crippen LogP contribution in [0, 0.1) is 12.7 Å². The van der Waals surface area contributed by atoms with E-state index in [1.807, 2.05) is 0 Å². The van der Waals surface area contributed by atoms with Crippen LogP contribution in [0.4, 0.5) is 10.1 Å². The monoisotopic (exact) mass is 241 g/mol. The molecule has 2 N–H and O–H groups in total. The third-order valence-corrected chi connectivity index (χ3v) is 2.58. The van der Waals surface area contributed by atoms with Crippen LogP contribution in [0.1, 0.15) is 12.5 Å². The highest BCUT2D eigenvalue weighted by Gasteiger charge is 2.33. The Morgan fingerprint density at radius 2 is 2.24 bits per heavy atom. The fraction of sp³-hybridized carbons (Fsp3) is 0.417. The molecular weight excluding hydrogens is 225 g/mol. The van der Waals surface area contributed by atoms with Gasteiger partial charge in [0.25, 0.3) is 0 Å². The fourth-order valence-electron chi connectivity index (χ4n) is 1.48. The lowest BCUT2D eigenvalue weighted by atomic mass is 10.0. The molecule has 0 aliphatic heterocycles. The molecule has 1 rings (SSSR count). The van der Waals surface area contributed by atoms with Crippen LogP contribution < -0.4 is 5.32 Å². The highest BCUT2D eigenvalue weighted by Crippen LogP contribution is 2.22. The Kier molecular flexibility index (Phi) is 4.07. The molecule has 0 spiro atoms. The van der Waals surface area contributed by atoms with Gasteiger partial charge in [-0.25, -0.2) is 9.18 Å². The molecule has 5 heteroatoms. The first-order valence-corrected chi connectivity index (χ1v) is 5.16. The van der Waals surface area contributed by atoms with Crippen LogP contribution in [0.25, 0.3) is 0 Å². The summed E-state index contributed by atoms with van der Waals surface area (Å²) in [6.45, 7) is 3.06. The minimum Gasteiger partial charge on any atom is -0.479 e. The molecule has 0 heterocycles. The lowest BCUT2D eigenvalue weighted by molar-refractivity contribution is -0.143. The Morgan fingerprint density at radius 1 is 1.59 bits per heavy atom. The second-order valence-corrected chi connectivity index (χ2v) is 4.11. The van der Waals surface area contributed by atoms with Gasteiger partial charge in [-0.3, -0.25) is 0 Å². The maximum absolute atomic E-state index is 13.3. The van der Waals surface area contributed by atoms with Crippen molar-refractivity contribution in [2.75, 3.05) is 19.0 Å². The molecule has 0 saturated carbocycles. The summed E-state index contributed by atoms with van der Waals surface area (Å²) in [4.78, 5) is 11.2. The average molecular weight is 241 g/mol. The Labute approximate surface area is 99.4 Å². The van der Waals surface area contributed by atoms with E-state index in [-0.39, 0.29) is 12.4 Å². The largest absolute Gasteiger partial charge is 0.479 e. The van der Waals surface area contributed by atoms with Gasteiger partial charge >= 0.3 is 5.97 Å². The first-order valence-electron chi connectivity index (χ1n) is 5.16. The summed E-state index contributed by atoms with van der Waals surface area (Å²) in [5, 5.41) is 11.9. The van der Waals surface area contributed by atoms with E-state index in [0.29, 0.717) is 11.3 Å². The molecule has 0 radical (unpaired) electrons. The predicted octanol–water partition coefficient (Wildman–Crippen LogP) is 2.04. The van der Waals surface area contributed by atoms with Crippen molar-refractivity contribution in [3.05, 3.63) is 29.6 Å². The zero-order valence-electron chi connectivity index (χ0n) is 10.1. The van der Waals surface area contributed by atoms with Crippen LogP contribution >= 0.6 is 0 Å². The fourth-order valence-corrected chi connectivity index (χ4v) is 1.48. The highest BCUT2D eigenvalue weighted by atomic mass is 19.1. The summed E-state index contributed by atoms with van der Waals surface area (Å²) in [5.74, 6) is -1.43. The smallest absolute Gasteiger partial charge is 0.331 e. The van der Waals surface area contributed by atoms with Gasteiger partial charge in [0.2, 0.25) is 0 Å². The molecule has 1 unspecified atom stereocenters. The molecule has 94 valence electrons. The number of anilines is 1. The number of halogens is 1. The van der Waals surface area contributed by atoms with Gasteiger partial charge in [-0.15, -0.1) is 0 Å². The Hall–Kier alpha value is -1.62. The van der Waals surface area contributed by atoms with Crippen molar-refractivity contribution < 1.29 is 19.0 Å². The van der Waals surface area contributed by atoms with Crippen LogP contribution in [-0.4, -0.2) is 30.3 Å². The number of nitrogens with one attached hydrogen (secondary N) is 1. The summed E-state index contributed by atoms with van der Waals surface area (Å²) in [6, 6.07) is 4.49. The van der Waals surface area contributed by atoms with Crippen molar-refractivity contribution in [3.63, 3.8) is 0 Å². The Morgan fingerprint density at radius 3 is 2.76 bits per heavy atom. The van der Waals surface area contributed by atoms with E-state index in [9.17, 15) is 9.18 Å². The average Bonchev–Trinajstić information content (AvgIpc) is 2.25. The van der Waals surface area contributed by atoms with Gasteiger partial charge in [0.1, 0.15) is 5.82 Å². The van der Waals surface area contributed by atoms with E-state index in [0.717, 1.165) is 0 Å². The van der Waals surface area contributed by atoms with Gasteiger partial charge < -0.3 is 15.2 Å². The number of carbonyl (C=O) groups is 1. The molecule has 0 aliphatic rings. The number of ether oxygens (including phenoxy) is 1. The molecule has 0 aliphatic carbocycles. The number of benzene rings is 1. The summed E-state index contributed by atoms with van der Waals surface area (Å²) < 4.78 is 18.2. The Balaban J connectivity index is 3.02. The number of hydrogen-bond donors (Lipinski definition) is 2. The zero-order valence-corrected chi connectivity index (χ0v) is 10.1. The van der Waals surface area contributed by atoms with Crippen molar-refractivity contribution in [3.8, 4) is 0 Å². The van der Waals surface area contributed by atoms with Gasteiger partial charge in [-0.2, -0.15) is 0 Å². The maximum Gasteiger partial charge on any atom is 0.331 e. The molecular formula is C12H16FNO3. The maximum atomic E-state index is 13.3. The van der Waals surface area contributed by atoms with Crippen LogP contribution in [0.3, 0.4) is 0 Å². The quantitative estimate of drug-likeness (QED) is 0.828. The van der Waals surface area contributed by atoms with Crippen LogP contribution in [0.5, 0.6) is 0 Å². The van der Waals surface area contributed by atoms with E-state index >= 15 is 0 Å². The minimum absolute atomic E-state index is 0.0156. The molecule has 1 aromatic carbocycles. The van der Waals surface area contributed by atoms with E-state index < -0.39 is 11.5 Å². The van der Waals surface area contributed by atoms with E-state index in [4.69, 9.17) is 9.84 Å². The van der Waals surface area contributed by atoms with Crippen LogP contribution in [0.2, 0.25) is 0 Å². The second-order valence-electron chi connectivity index (χ2n) is 4.11. The first kappa shape index (κ1) is 13.4. The third-order valence-electron chi connectivity index (χ3n) is 2.58. The topological polar surface area (TPSA) is 58.6 Å². The summed E-state index contributed by atoms with van der Waals surface area (Å²) in [6.07, 6.45) is 0. The van der Waals surface area contributed by atoms with Gasteiger partial charge in [0.15, 0.2) is 5.54 Å². The predicted molar refractivity (Wildman–Crippen MR) is 62.7 cm³/mol. The highest BCUT2D eigenvalue weighted by molar-refractivity contribution is 5.82. The van der Waals surface area contributed by atoms with Gasteiger partial charge in [-0.1, -0.05) is 6.07 Å². The van der Waals surface area contributed by atoms with Crippen LogP contribution in [0.15, 0.2) is 18.2 Å². The van der Waals surface area contributed by atoms with Crippen LogP contribution in [-0.2, 0) is 9.53 Å². The molecule has 0 saturated heterocycles. The number of carboxylic acid groups (broad SMARTS) is 1. The van der Waals surface area contributed by atoms with E-state index in [2.05, 4.69) is 5.32 Å². The summed E-state index contributed by atoms with van der Waals surface area (Å²) >= 11 is 0. The zero-order chi connectivity index (χ0) is 13.1. The third kappa shape index (κ3) is 2.94. The van der Waals surface area contributed by atoms with Crippen molar-refractivity contribution in [1.82, 2.24) is 0 Å². The second kappa shape index (κ2) is 5.14. The van der Waals surface area contributed by atoms with Crippen molar-refractivity contribution in [2.45, 2.75) is 19.4 Å². The molecule has 1 aromatic rings. The van der Waals surface area contributed by atoms with E-state index in [1.54, 1.807) is 13.0 Å². The van der Waals surface area contributed by atoms with Crippen molar-refractivity contribution in [2.24, 2.45) is 0 Å². The molecule has 4 nitrogen and oxygen atoms in total. The molecule has 0 aromatic heterocycles. The number of rotatable bonds is 5. The van der Waals surface area contributed by atoms with Gasteiger partial charge in [0, 0.05) is 18.4 Å². The molecule has 0 bridgehead atoms. The number of aliphatic carboxylic acids is 1. The van der Waals surface area contributed by atoms with Gasteiger partial charge in [0.05, 0.1) is 6.61 Å². The molecule has 17 heavy (non-hydrogen) atoms. The number of hydrogen-bond acceptors (Lipinski definition) is 3. The SMILES string of the molecule is COCC(C)(Nc1cccc(F)c1C)C(=O)O. The van der Waals surface area contributed by atoms with Crippen molar-refractivity contribution >= 4 is 11.7 Å². The lowest BCUT2D eigenvalue weighted by Crippen LogP contribution is -2.47. The normalized spacial score (nSPS) is 14.1. The molecule has 0 amide bonds. The lowest BCUT2D eigenvalue weighted by Gasteiger charge is -2.27. The van der Waals surface area contributed by atoms with Gasteiger partial charge in [-0.05, 0) is 26.0 Å².